The van der Waals surface area contributed by atoms with Crippen molar-refractivity contribution < 1.29 is 18.0 Å². The first-order valence-corrected chi connectivity index (χ1v) is 6.87. The van der Waals surface area contributed by atoms with Crippen LogP contribution in [-0.4, -0.2) is 36.6 Å². The second-order valence-corrected chi connectivity index (χ2v) is 5.30. The summed E-state index contributed by atoms with van der Waals surface area (Å²) in [5.41, 5.74) is 5.10. The third kappa shape index (κ3) is 4.01. The highest BCUT2D eigenvalue weighted by molar-refractivity contribution is 5.85. The van der Waals surface area contributed by atoms with Crippen LogP contribution >= 0.6 is 12.4 Å². The van der Waals surface area contributed by atoms with Gasteiger partial charge < -0.3 is 10.6 Å². The van der Waals surface area contributed by atoms with Crippen molar-refractivity contribution in [3.8, 4) is 0 Å². The van der Waals surface area contributed by atoms with Gasteiger partial charge in [0, 0.05) is 19.6 Å². The molecule has 0 radical (unpaired) electrons. The monoisotopic (exact) mass is 316 g/mol. The lowest BCUT2D eigenvalue weighted by Crippen LogP contribution is -2.51. The smallest absolute Gasteiger partial charge is 0.342 e. The van der Waals surface area contributed by atoms with Crippen LogP contribution in [0.3, 0.4) is 0 Å². The van der Waals surface area contributed by atoms with E-state index >= 15 is 0 Å². The van der Waals surface area contributed by atoms with Gasteiger partial charge in [-0.2, -0.15) is 13.2 Å². The minimum atomic E-state index is -4.14. The molecule has 0 aromatic carbocycles. The lowest BCUT2D eigenvalue weighted by molar-refractivity contribution is -0.187. The van der Waals surface area contributed by atoms with Crippen LogP contribution in [0.5, 0.6) is 0 Å². The van der Waals surface area contributed by atoms with Gasteiger partial charge in [-0.25, -0.2) is 0 Å². The molecule has 1 rings (SSSR count). The molecule has 0 aromatic heterocycles. The molecular formula is C13H24ClF3N2O. The Kier molecular flexibility index (Phi) is 7.32. The lowest BCUT2D eigenvalue weighted by atomic mass is 9.80. The summed E-state index contributed by atoms with van der Waals surface area (Å²) < 4.78 is 37.7. The maximum Gasteiger partial charge on any atom is 0.391 e. The fourth-order valence-electron chi connectivity index (χ4n) is 2.67. The second kappa shape index (κ2) is 7.50. The zero-order valence-electron chi connectivity index (χ0n) is 12.0. The van der Waals surface area contributed by atoms with Crippen molar-refractivity contribution in [2.24, 2.45) is 17.1 Å². The summed E-state index contributed by atoms with van der Waals surface area (Å²) in [5, 5.41) is 0. The first-order chi connectivity index (χ1) is 8.80. The number of halogens is 4. The van der Waals surface area contributed by atoms with E-state index in [4.69, 9.17) is 5.73 Å². The summed E-state index contributed by atoms with van der Waals surface area (Å²) in [4.78, 5) is 14.0. The van der Waals surface area contributed by atoms with E-state index in [1.165, 1.54) is 0 Å². The minimum Gasteiger partial charge on any atom is -0.342 e. The quantitative estimate of drug-likeness (QED) is 0.866. The van der Waals surface area contributed by atoms with Gasteiger partial charge in [0.1, 0.15) is 0 Å². The molecule has 1 amide bonds. The Balaban J connectivity index is 0.00000361. The highest BCUT2D eigenvalue weighted by atomic mass is 35.5. The number of alkyl halides is 3. The molecular weight excluding hydrogens is 293 g/mol. The molecule has 0 aliphatic carbocycles. The highest BCUT2D eigenvalue weighted by Crippen LogP contribution is 2.36. The average Bonchev–Trinajstić information content (AvgIpc) is 2.40. The summed E-state index contributed by atoms with van der Waals surface area (Å²) in [7, 11) is 0. The van der Waals surface area contributed by atoms with E-state index in [1.807, 2.05) is 13.8 Å². The number of amides is 1. The van der Waals surface area contributed by atoms with E-state index < -0.39 is 17.5 Å². The molecule has 1 fully saturated rings. The molecule has 1 saturated heterocycles. The number of carbonyl (C=O) groups excluding carboxylic acids is 1. The molecule has 1 aliphatic rings. The fraction of sp³-hybridized carbons (Fsp3) is 0.923. The summed E-state index contributed by atoms with van der Waals surface area (Å²) in [6, 6.07) is 0. The van der Waals surface area contributed by atoms with E-state index in [2.05, 4.69) is 0 Å². The van der Waals surface area contributed by atoms with Crippen molar-refractivity contribution in [1.82, 2.24) is 4.90 Å². The van der Waals surface area contributed by atoms with Crippen molar-refractivity contribution in [3.63, 3.8) is 0 Å². The standard InChI is InChI=1S/C13H23F3N2O.ClH/c1-3-12(4-2,9-17)11(19)18-7-5-10(6-8-18)13(14,15)16;/h10H,3-9,17H2,1-2H3;1H. The Bertz CT molecular complexity index is 303. The van der Waals surface area contributed by atoms with Crippen LogP contribution in [0.1, 0.15) is 39.5 Å². The van der Waals surface area contributed by atoms with Crippen molar-refractivity contribution in [1.29, 1.82) is 0 Å². The fourth-order valence-corrected chi connectivity index (χ4v) is 2.67. The van der Waals surface area contributed by atoms with Gasteiger partial charge in [0.15, 0.2) is 0 Å². The van der Waals surface area contributed by atoms with E-state index in [9.17, 15) is 18.0 Å². The molecule has 120 valence electrons. The minimum absolute atomic E-state index is 0. The van der Waals surface area contributed by atoms with Crippen LogP contribution in [0.15, 0.2) is 0 Å². The van der Waals surface area contributed by atoms with Crippen molar-refractivity contribution in [2.75, 3.05) is 19.6 Å². The van der Waals surface area contributed by atoms with Crippen molar-refractivity contribution >= 4 is 18.3 Å². The topological polar surface area (TPSA) is 46.3 Å². The Morgan fingerprint density at radius 1 is 1.20 bits per heavy atom. The Morgan fingerprint density at radius 2 is 1.65 bits per heavy atom. The zero-order chi connectivity index (χ0) is 14.7. The van der Waals surface area contributed by atoms with E-state index in [1.54, 1.807) is 4.90 Å². The molecule has 2 N–H and O–H groups in total. The van der Waals surface area contributed by atoms with Gasteiger partial charge in [-0.15, -0.1) is 12.4 Å². The number of rotatable bonds is 4. The van der Waals surface area contributed by atoms with Crippen LogP contribution in [-0.2, 0) is 4.79 Å². The summed E-state index contributed by atoms with van der Waals surface area (Å²) in [6.45, 7) is 4.42. The molecule has 1 heterocycles. The summed E-state index contributed by atoms with van der Waals surface area (Å²) >= 11 is 0. The number of nitrogens with zero attached hydrogens (tertiary/aromatic N) is 1. The van der Waals surface area contributed by atoms with Gasteiger partial charge >= 0.3 is 6.18 Å². The van der Waals surface area contributed by atoms with E-state index in [0.717, 1.165) is 0 Å². The van der Waals surface area contributed by atoms with Gasteiger partial charge in [-0.1, -0.05) is 13.8 Å². The van der Waals surface area contributed by atoms with Gasteiger partial charge in [-0.05, 0) is 25.7 Å². The van der Waals surface area contributed by atoms with Crippen LogP contribution < -0.4 is 5.73 Å². The summed E-state index contributed by atoms with van der Waals surface area (Å²) in [5.74, 6) is -1.35. The first-order valence-electron chi connectivity index (χ1n) is 6.87. The number of likely N-dealkylation sites (tertiary alicyclic amines) is 1. The van der Waals surface area contributed by atoms with Crippen molar-refractivity contribution in [2.45, 2.75) is 45.7 Å². The highest BCUT2D eigenvalue weighted by Gasteiger charge is 2.44. The summed E-state index contributed by atoms with van der Waals surface area (Å²) in [6.07, 6.45) is -2.89. The first kappa shape index (κ1) is 19.5. The van der Waals surface area contributed by atoms with Crippen LogP contribution in [0, 0.1) is 11.3 Å². The van der Waals surface area contributed by atoms with E-state index in [0.29, 0.717) is 12.8 Å². The molecule has 0 spiro atoms. The Labute approximate surface area is 124 Å². The number of hydrogen-bond acceptors (Lipinski definition) is 2. The molecule has 0 bridgehead atoms. The lowest BCUT2D eigenvalue weighted by Gasteiger charge is -2.39. The molecule has 0 atom stereocenters. The second-order valence-electron chi connectivity index (χ2n) is 5.30. The molecule has 0 unspecified atom stereocenters. The van der Waals surface area contributed by atoms with Crippen LogP contribution in [0.25, 0.3) is 0 Å². The number of carbonyl (C=O) groups is 1. The maximum atomic E-state index is 12.6. The largest absolute Gasteiger partial charge is 0.391 e. The number of nitrogens with two attached hydrogens (primary N) is 1. The van der Waals surface area contributed by atoms with Gasteiger partial charge in [0.25, 0.3) is 0 Å². The molecule has 0 saturated carbocycles. The van der Waals surface area contributed by atoms with Gasteiger partial charge in [0.05, 0.1) is 11.3 Å². The SMILES string of the molecule is CCC(CC)(CN)C(=O)N1CCC(C(F)(F)F)CC1.Cl. The number of piperidine rings is 1. The average molecular weight is 317 g/mol. The Morgan fingerprint density at radius 3 is 1.95 bits per heavy atom. The predicted molar refractivity (Wildman–Crippen MR) is 74.7 cm³/mol. The third-order valence-corrected chi connectivity index (χ3v) is 4.44. The molecule has 7 heteroatoms. The third-order valence-electron chi connectivity index (χ3n) is 4.44. The molecule has 1 aliphatic heterocycles. The van der Waals surface area contributed by atoms with Crippen LogP contribution in [0.4, 0.5) is 13.2 Å². The van der Waals surface area contributed by atoms with Crippen molar-refractivity contribution in [3.05, 3.63) is 0 Å². The number of hydrogen-bond donors (Lipinski definition) is 1. The maximum absolute atomic E-state index is 12.6. The molecule has 20 heavy (non-hydrogen) atoms. The Hall–Kier alpha value is -0.490. The molecule has 0 aromatic rings. The van der Waals surface area contributed by atoms with Gasteiger partial charge in [0.2, 0.25) is 5.91 Å². The molecule has 3 nitrogen and oxygen atoms in total. The van der Waals surface area contributed by atoms with Crippen LogP contribution in [0.2, 0.25) is 0 Å². The van der Waals surface area contributed by atoms with Gasteiger partial charge in [-0.3, -0.25) is 4.79 Å². The predicted octanol–water partition coefficient (Wildman–Crippen LogP) is 2.97. The van der Waals surface area contributed by atoms with E-state index in [-0.39, 0.29) is 50.8 Å². The zero-order valence-corrected chi connectivity index (χ0v) is 12.8. The normalized spacial score (nSPS) is 17.8.